The van der Waals surface area contributed by atoms with E-state index in [-0.39, 0.29) is 5.60 Å². The van der Waals surface area contributed by atoms with Crippen molar-refractivity contribution < 1.29 is 9.47 Å². The monoisotopic (exact) mass is 276 g/mol. The summed E-state index contributed by atoms with van der Waals surface area (Å²) in [5.41, 5.74) is 1.11. The molecule has 3 rings (SSSR count). The van der Waals surface area contributed by atoms with Crippen molar-refractivity contribution in [2.24, 2.45) is 5.92 Å². The van der Waals surface area contributed by atoms with Gasteiger partial charge in [-0.1, -0.05) is 13.0 Å². The number of nitrogens with zero attached hydrogens (tertiary/aromatic N) is 1. The second kappa shape index (κ2) is 6.20. The number of rotatable bonds is 4. The molecular formula is C16H24N2O2. The lowest BCUT2D eigenvalue weighted by Crippen LogP contribution is -2.44. The van der Waals surface area contributed by atoms with Crippen molar-refractivity contribution in [3.05, 3.63) is 30.1 Å². The maximum Gasteiger partial charge on any atom is 0.0940 e. The molecule has 1 aromatic heterocycles. The standard InChI is InChI=1S/C16H24N2O2/c1-2-17-15(14-5-3-4-8-18-14)13-6-9-20-16(11-13)7-10-19-12-16/h3-5,8,13,15,17H,2,6-7,9-12H2,1H3. The number of hydrogen-bond donors (Lipinski definition) is 1. The van der Waals surface area contributed by atoms with Gasteiger partial charge in [0.15, 0.2) is 0 Å². The molecule has 110 valence electrons. The molecule has 0 aromatic carbocycles. The van der Waals surface area contributed by atoms with E-state index in [1.165, 1.54) is 0 Å². The molecule has 4 nitrogen and oxygen atoms in total. The minimum atomic E-state index is -0.0363. The maximum atomic E-state index is 6.05. The van der Waals surface area contributed by atoms with Gasteiger partial charge in [-0.2, -0.15) is 0 Å². The Morgan fingerprint density at radius 1 is 1.45 bits per heavy atom. The van der Waals surface area contributed by atoms with Gasteiger partial charge in [0.25, 0.3) is 0 Å². The first-order valence-corrected chi connectivity index (χ1v) is 7.69. The largest absolute Gasteiger partial charge is 0.378 e. The smallest absolute Gasteiger partial charge is 0.0940 e. The fourth-order valence-electron chi connectivity index (χ4n) is 3.51. The summed E-state index contributed by atoms with van der Waals surface area (Å²) in [4.78, 5) is 4.55. The van der Waals surface area contributed by atoms with Gasteiger partial charge >= 0.3 is 0 Å². The molecule has 1 spiro atoms. The summed E-state index contributed by atoms with van der Waals surface area (Å²) in [6.07, 6.45) is 5.08. The van der Waals surface area contributed by atoms with Crippen LogP contribution >= 0.6 is 0 Å². The van der Waals surface area contributed by atoms with Crippen LogP contribution in [0.15, 0.2) is 24.4 Å². The van der Waals surface area contributed by atoms with Gasteiger partial charge in [0.05, 0.1) is 23.9 Å². The van der Waals surface area contributed by atoms with Gasteiger partial charge < -0.3 is 14.8 Å². The Kier molecular flexibility index (Phi) is 4.34. The van der Waals surface area contributed by atoms with Crippen LogP contribution < -0.4 is 5.32 Å². The zero-order chi connectivity index (χ0) is 13.8. The summed E-state index contributed by atoms with van der Waals surface area (Å²) < 4.78 is 11.6. The normalized spacial score (nSPS) is 31.6. The summed E-state index contributed by atoms with van der Waals surface area (Å²) in [6, 6.07) is 6.49. The molecule has 0 saturated carbocycles. The van der Waals surface area contributed by atoms with Crippen LogP contribution in [-0.4, -0.2) is 37.0 Å². The van der Waals surface area contributed by atoms with Crippen molar-refractivity contribution in [1.82, 2.24) is 10.3 Å². The molecule has 0 amide bonds. The lowest BCUT2D eigenvalue weighted by molar-refractivity contribution is -0.103. The van der Waals surface area contributed by atoms with Crippen molar-refractivity contribution in [2.75, 3.05) is 26.4 Å². The van der Waals surface area contributed by atoms with Crippen LogP contribution in [0.25, 0.3) is 0 Å². The van der Waals surface area contributed by atoms with Gasteiger partial charge in [-0.15, -0.1) is 0 Å². The van der Waals surface area contributed by atoms with Gasteiger partial charge in [0.1, 0.15) is 0 Å². The predicted molar refractivity (Wildman–Crippen MR) is 77.5 cm³/mol. The molecule has 3 heterocycles. The third kappa shape index (κ3) is 2.87. The Morgan fingerprint density at radius 3 is 3.10 bits per heavy atom. The van der Waals surface area contributed by atoms with E-state index in [0.29, 0.717) is 12.0 Å². The average molecular weight is 276 g/mol. The number of aromatic nitrogens is 1. The van der Waals surface area contributed by atoms with Gasteiger partial charge in [-0.05, 0) is 37.4 Å². The molecule has 2 saturated heterocycles. The van der Waals surface area contributed by atoms with Crippen LogP contribution in [0.2, 0.25) is 0 Å². The quantitative estimate of drug-likeness (QED) is 0.916. The molecule has 0 aliphatic carbocycles. The minimum Gasteiger partial charge on any atom is -0.378 e. The van der Waals surface area contributed by atoms with Crippen LogP contribution in [-0.2, 0) is 9.47 Å². The van der Waals surface area contributed by atoms with Crippen molar-refractivity contribution >= 4 is 0 Å². The first kappa shape index (κ1) is 14.0. The van der Waals surface area contributed by atoms with Gasteiger partial charge in [0, 0.05) is 25.8 Å². The summed E-state index contributed by atoms with van der Waals surface area (Å²) in [7, 11) is 0. The molecule has 3 unspecified atom stereocenters. The number of pyridine rings is 1. The summed E-state index contributed by atoms with van der Waals surface area (Å²) >= 11 is 0. The molecule has 1 N–H and O–H groups in total. The highest BCUT2D eigenvalue weighted by atomic mass is 16.6. The Balaban J connectivity index is 1.77. The van der Waals surface area contributed by atoms with Crippen molar-refractivity contribution in [2.45, 2.75) is 37.8 Å². The average Bonchev–Trinajstić information content (AvgIpc) is 2.93. The van der Waals surface area contributed by atoms with Gasteiger partial charge in [0.2, 0.25) is 0 Å². The summed E-state index contributed by atoms with van der Waals surface area (Å²) in [5, 5.41) is 3.62. The van der Waals surface area contributed by atoms with E-state index in [9.17, 15) is 0 Å². The van der Waals surface area contributed by atoms with Gasteiger partial charge in [-0.25, -0.2) is 0 Å². The second-order valence-corrected chi connectivity index (χ2v) is 5.88. The molecule has 2 aliphatic rings. The molecule has 4 heteroatoms. The highest BCUT2D eigenvalue weighted by Crippen LogP contribution is 2.40. The van der Waals surface area contributed by atoms with E-state index < -0.39 is 0 Å². The van der Waals surface area contributed by atoms with Crippen molar-refractivity contribution in [3.63, 3.8) is 0 Å². The topological polar surface area (TPSA) is 43.4 Å². The number of ether oxygens (including phenoxy) is 2. The van der Waals surface area contributed by atoms with Gasteiger partial charge in [-0.3, -0.25) is 4.98 Å². The molecule has 2 aliphatic heterocycles. The zero-order valence-electron chi connectivity index (χ0n) is 12.2. The Hall–Kier alpha value is -0.970. The fraction of sp³-hybridized carbons (Fsp3) is 0.688. The zero-order valence-corrected chi connectivity index (χ0v) is 12.2. The van der Waals surface area contributed by atoms with Crippen LogP contribution in [0, 0.1) is 5.92 Å². The second-order valence-electron chi connectivity index (χ2n) is 5.88. The molecule has 1 aromatic rings. The molecule has 0 radical (unpaired) electrons. The Morgan fingerprint density at radius 2 is 2.40 bits per heavy atom. The number of hydrogen-bond acceptors (Lipinski definition) is 4. The van der Waals surface area contributed by atoms with E-state index in [1.54, 1.807) is 0 Å². The minimum absolute atomic E-state index is 0.0363. The first-order chi connectivity index (χ1) is 9.83. The summed E-state index contributed by atoms with van der Waals surface area (Å²) in [5.74, 6) is 0.570. The van der Waals surface area contributed by atoms with E-state index >= 15 is 0 Å². The lowest BCUT2D eigenvalue weighted by atomic mass is 9.80. The van der Waals surface area contributed by atoms with Crippen LogP contribution in [0.3, 0.4) is 0 Å². The Bertz CT molecular complexity index is 418. The lowest BCUT2D eigenvalue weighted by Gasteiger charge is -2.40. The third-order valence-electron chi connectivity index (χ3n) is 4.50. The van der Waals surface area contributed by atoms with E-state index in [0.717, 1.165) is 51.3 Å². The molecule has 3 atom stereocenters. The molecule has 0 bridgehead atoms. The van der Waals surface area contributed by atoms with Crippen molar-refractivity contribution in [1.29, 1.82) is 0 Å². The van der Waals surface area contributed by atoms with Crippen molar-refractivity contribution in [3.8, 4) is 0 Å². The predicted octanol–water partition coefficient (Wildman–Crippen LogP) is 2.32. The highest BCUT2D eigenvalue weighted by molar-refractivity contribution is 5.11. The van der Waals surface area contributed by atoms with Crippen LogP contribution in [0.1, 0.15) is 37.9 Å². The Labute approximate surface area is 120 Å². The van der Waals surface area contributed by atoms with E-state index in [4.69, 9.17) is 9.47 Å². The highest BCUT2D eigenvalue weighted by Gasteiger charge is 2.43. The molecular weight excluding hydrogens is 252 g/mol. The molecule has 20 heavy (non-hydrogen) atoms. The third-order valence-corrected chi connectivity index (χ3v) is 4.50. The van der Waals surface area contributed by atoms with E-state index in [2.05, 4.69) is 29.4 Å². The van der Waals surface area contributed by atoms with Crippen LogP contribution in [0.4, 0.5) is 0 Å². The van der Waals surface area contributed by atoms with E-state index in [1.807, 2.05) is 12.3 Å². The maximum absolute atomic E-state index is 6.05. The first-order valence-electron chi connectivity index (χ1n) is 7.69. The summed E-state index contributed by atoms with van der Waals surface area (Å²) in [6.45, 7) is 5.54. The fourth-order valence-corrected chi connectivity index (χ4v) is 3.51. The van der Waals surface area contributed by atoms with Crippen LogP contribution in [0.5, 0.6) is 0 Å². The molecule has 2 fully saturated rings. The SMILES string of the molecule is CCNC(c1ccccn1)C1CCOC2(CCOC2)C1. The number of nitrogens with one attached hydrogen (secondary N) is 1.